The molecule has 1 saturated carbocycles. The maximum absolute atomic E-state index is 11.4. The molecule has 1 aromatic carbocycles. The summed E-state index contributed by atoms with van der Waals surface area (Å²) in [7, 11) is 0. The van der Waals surface area contributed by atoms with Gasteiger partial charge in [-0.15, -0.1) is 0 Å². The second-order valence-corrected chi connectivity index (χ2v) is 5.36. The number of carbonyl (C=O) groups is 2. The van der Waals surface area contributed by atoms with Crippen LogP contribution in [0.4, 0.5) is 5.69 Å². The fourth-order valence-electron chi connectivity index (χ4n) is 2.85. The van der Waals surface area contributed by atoms with Crippen LogP contribution in [0, 0.1) is 6.92 Å². The average molecular weight is 276 g/mol. The maximum Gasteiger partial charge on any atom is 0.337 e. The Labute approximate surface area is 118 Å². The zero-order valence-electron chi connectivity index (χ0n) is 11.6. The molecule has 20 heavy (non-hydrogen) atoms. The zero-order valence-corrected chi connectivity index (χ0v) is 11.6. The molecule has 5 nitrogen and oxygen atoms in total. The van der Waals surface area contributed by atoms with Crippen LogP contribution in [0.1, 0.15) is 41.6 Å². The van der Waals surface area contributed by atoms with Crippen LogP contribution in [-0.4, -0.2) is 29.6 Å². The number of aromatic carboxylic acids is 1. The number of primary amides is 1. The highest BCUT2D eigenvalue weighted by atomic mass is 16.4. The lowest BCUT2D eigenvalue weighted by Gasteiger charge is -2.31. The average Bonchev–Trinajstić information content (AvgIpc) is 2.88. The second-order valence-electron chi connectivity index (χ2n) is 5.36. The summed E-state index contributed by atoms with van der Waals surface area (Å²) in [5.41, 5.74) is 7.13. The highest BCUT2D eigenvalue weighted by Gasteiger charge is 2.27. The second kappa shape index (κ2) is 5.94. The van der Waals surface area contributed by atoms with Crippen molar-refractivity contribution in [1.82, 2.24) is 0 Å². The Bertz CT molecular complexity index is 522. The number of nitrogens with zero attached hydrogens (tertiary/aromatic N) is 1. The molecule has 1 aromatic rings. The Morgan fingerprint density at radius 3 is 2.55 bits per heavy atom. The largest absolute Gasteiger partial charge is 0.478 e. The molecule has 5 heteroatoms. The van der Waals surface area contributed by atoms with Crippen molar-refractivity contribution in [2.45, 2.75) is 38.6 Å². The van der Waals surface area contributed by atoms with Gasteiger partial charge in [-0.2, -0.15) is 0 Å². The molecular weight excluding hydrogens is 256 g/mol. The number of nitrogens with two attached hydrogens (primary N) is 1. The summed E-state index contributed by atoms with van der Waals surface area (Å²) in [6, 6.07) is 5.38. The highest BCUT2D eigenvalue weighted by Crippen LogP contribution is 2.31. The van der Waals surface area contributed by atoms with Crippen LogP contribution in [0.15, 0.2) is 18.2 Å². The van der Waals surface area contributed by atoms with Crippen molar-refractivity contribution in [3.8, 4) is 0 Å². The smallest absolute Gasteiger partial charge is 0.337 e. The fourth-order valence-corrected chi connectivity index (χ4v) is 2.85. The molecule has 0 unspecified atom stereocenters. The quantitative estimate of drug-likeness (QED) is 0.860. The Morgan fingerprint density at radius 1 is 1.35 bits per heavy atom. The van der Waals surface area contributed by atoms with Crippen molar-refractivity contribution in [3.05, 3.63) is 29.3 Å². The van der Waals surface area contributed by atoms with Gasteiger partial charge in [0.1, 0.15) is 0 Å². The monoisotopic (exact) mass is 276 g/mol. The van der Waals surface area contributed by atoms with Crippen molar-refractivity contribution in [2.24, 2.45) is 5.73 Å². The number of amides is 1. The molecule has 1 fully saturated rings. The number of hydrogen-bond acceptors (Lipinski definition) is 3. The molecule has 0 aromatic heterocycles. The van der Waals surface area contributed by atoms with Gasteiger partial charge >= 0.3 is 5.97 Å². The van der Waals surface area contributed by atoms with E-state index in [0.717, 1.165) is 31.2 Å². The standard InChI is InChI=1S/C15H20N2O3/c1-10-6-7-12(15(19)20)13(8-10)17(9-14(16)18)11-4-2-3-5-11/h6-8,11H,2-5,9H2,1H3,(H2,16,18)(H,19,20). The van der Waals surface area contributed by atoms with E-state index in [9.17, 15) is 14.7 Å². The van der Waals surface area contributed by atoms with Crippen molar-refractivity contribution in [2.75, 3.05) is 11.4 Å². The molecule has 3 N–H and O–H groups in total. The van der Waals surface area contributed by atoms with Crippen LogP contribution in [-0.2, 0) is 4.79 Å². The molecule has 2 rings (SSSR count). The number of carboxylic acid groups (broad SMARTS) is 1. The highest BCUT2D eigenvalue weighted by molar-refractivity contribution is 5.95. The van der Waals surface area contributed by atoms with Crippen molar-refractivity contribution in [1.29, 1.82) is 0 Å². The topological polar surface area (TPSA) is 83.6 Å². The number of benzene rings is 1. The molecule has 0 atom stereocenters. The summed E-state index contributed by atoms with van der Waals surface area (Å²) in [4.78, 5) is 24.6. The molecule has 0 aliphatic heterocycles. The van der Waals surface area contributed by atoms with Crippen LogP contribution >= 0.6 is 0 Å². The van der Waals surface area contributed by atoms with E-state index in [1.54, 1.807) is 12.1 Å². The minimum absolute atomic E-state index is 0.0639. The van der Waals surface area contributed by atoms with E-state index < -0.39 is 11.9 Å². The van der Waals surface area contributed by atoms with E-state index >= 15 is 0 Å². The summed E-state index contributed by atoms with van der Waals surface area (Å²) in [6.45, 7) is 1.97. The SMILES string of the molecule is Cc1ccc(C(=O)O)c(N(CC(N)=O)C2CCCC2)c1. The van der Waals surface area contributed by atoms with Gasteiger partial charge in [-0.1, -0.05) is 18.9 Å². The van der Waals surface area contributed by atoms with Crippen LogP contribution in [0.5, 0.6) is 0 Å². The third-order valence-corrected chi connectivity index (χ3v) is 3.78. The van der Waals surface area contributed by atoms with Crippen LogP contribution in [0.2, 0.25) is 0 Å². The van der Waals surface area contributed by atoms with Gasteiger partial charge in [0, 0.05) is 6.04 Å². The van der Waals surface area contributed by atoms with Gasteiger partial charge < -0.3 is 15.7 Å². The summed E-state index contributed by atoms with van der Waals surface area (Å²) in [5.74, 6) is -1.41. The first-order valence-corrected chi connectivity index (χ1v) is 6.88. The summed E-state index contributed by atoms with van der Waals surface area (Å²) >= 11 is 0. The van der Waals surface area contributed by atoms with Gasteiger partial charge in [-0.25, -0.2) is 4.79 Å². The molecule has 1 amide bonds. The van der Waals surface area contributed by atoms with Gasteiger partial charge in [0.05, 0.1) is 17.8 Å². The lowest BCUT2D eigenvalue weighted by Crippen LogP contribution is -2.41. The third kappa shape index (κ3) is 3.10. The van der Waals surface area contributed by atoms with Crippen molar-refractivity contribution < 1.29 is 14.7 Å². The normalized spacial score (nSPS) is 15.2. The summed E-state index contributed by atoms with van der Waals surface area (Å²) in [6.07, 6.45) is 4.16. The third-order valence-electron chi connectivity index (χ3n) is 3.78. The van der Waals surface area contributed by atoms with E-state index in [0.29, 0.717) is 5.69 Å². The van der Waals surface area contributed by atoms with E-state index in [4.69, 9.17) is 5.73 Å². The Balaban J connectivity index is 2.43. The molecule has 0 radical (unpaired) electrons. The number of rotatable bonds is 5. The van der Waals surface area contributed by atoms with Crippen molar-refractivity contribution >= 4 is 17.6 Å². The van der Waals surface area contributed by atoms with E-state index in [-0.39, 0.29) is 18.2 Å². The number of hydrogen-bond donors (Lipinski definition) is 2. The maximum atomic E-state index is 11.4. The Morgan fingerprint density at radius 2 is 2.00 bits per heavy atom. The van der Waals surface area contributed by atoms with Gasteiger partial charge in [-0.3, -0.25) is 4.79 Å². The van der Waals surface area contributed by atoms with Crippen LogP contribution < -0.4 is 10.6 Å². The summed E-state index contributed by atoms with van der Waals surface area (Å²) < 4.78 is 0. The predicted molar refractivity (Wildman–Crippen MR) is 76.9 cm³/mol. The van der Waals surface area contributed by atoms with Gasteiger partial charge in [0.15, 0.2) is 0 Å². The summed E-state index contributed by atoms with van der Waals surface area (Å²) in [5, 5.41) is 9.34. The predicted octanol–water partition coefficient (Wildman–Crippen LogP) is 1.93. The van der Waals surface area contributed by atoms with E-state index in [1.165, 1.54) is 0 Å². The molecule has 0 saturated heterocycles. The first-order chi connectivity index (χ1) is 9.49. The minimum Gasteiger partial charge on any atom is -0.478 e. The Kier molecular flexibility index (Phi) is 4.27. The van der Waals surface area contributed by atoms with Crippen LogP contribution in [0.3, 0.4) is 0 Å². The first kappa shape index (κ1) is 14.4. The molecule has 0 heterocycles. The molecule has 1 aliphatic carbocycles. The van der Waals surface area contributed by atoms with E-state index in [1.807, 2.05) is 17.9 Å². The lowest BCUT2D eigenvalue weighted by molar-refractivity contribution is -0.116. The molecule has 0 spiro atoms. The van der Waals surface area contributed by atoms with Gasteiger partial charge in [-0.05, 0) is 37.5 Å². The first-order valence-electron chi connectivity index (χ1n) is 6.88. The molecule has 1 aliphatic rings. The molecular formula is C15H20N2O3. The van der Waals surface area contributed by atoms with Crippen molar-refractivity contribution in [3.63, 3.8) is 0 Å². The van der Waals surface area contributed by atoms with E-state index in [2.05, 4.69) is 0 Å². The van der Waals surface area contributed by atoms with Crippen LogP contribution in [0.25, 0.3) is 0 Å². The molecule has 0 bridgehead atoms. The zero-order chi connectivity index (χ0) is 14.7. The lowest BCUT2D eigenvalue weighted by atomic mass is 10.1. The number of carbonyl (C=O) groups excluding carboxylic acids is 1. The number of carboxylic acids is 1. The number of aryl methyl sites for hydroxylation is 1. The fraction of sp³-hybridized carbons (Fsp3) is 0.467. The number of anilines is 1. The minimum atomic E-state index is -0.979. The van der Waals surface area contributed by atoms with Gasteiger partial charge in [0.2, 0.25) is 5.91 Å². The molecule has 108 valence electrons. The van der Waals surface area contributed by atoms with Gasteiger partial charge in [0.25, 0.3) is 0 Å². The Hall–Kier alpha value is -2.04.